The van der Waals surface area contributed by atoms with Gasteiger partial charge in [-0.1, -0.05) is 43.9 Å². The Morgan fingerprint density at radius 1 is 1.42 bits per heavy atom. The van der Waals surface area contributed by atoms with Gasteiger partial charge in [-0.25, -0.2) is 0 Å². The van der Waals surface area contributed by atoms with Crippen LogP contribution in [0.4, 0.5) is 11.4 Å². The quantitative estimate of drug-likeness (QED) is 0.647. The molecule has 19 heavy (non-hydrogen) atoms. The van der Waals surface area contributed by atoms with E-state index < -0.39 is 0 Å². The maximum absolute atomic E-state index is 11.1. The van der Waals surface area contributed by atoms with E-state index in [9.17, 15) is 10.1 Å². The normalized spacial score (nSPS) is 23.1. The smallest absolute Gasteiger partial charge is 0.293 e. The van der Waals surface area contributed by atoms with E-state index in [-0.39, 0.29) is 16.7 Å². The van der Waals surface area contributed by atoms with Crippen LogP contribution in [0.1, 0.15) is 39.0 Å². The van der Waals surface area contributed by atoms with Crippen molar-refractivity contribution in [3.8, 4) is 0 Å². The molecule has 0 aliphatic heterocycles. The van der Waals surface area contributed by atoms with Crippen LogP contribution in [0.2, 0.25) is 5.02 Å². The molecule has 1 N–H and O–H groups in total. The molecular weight excluding hydrogens is 264 g/mol. The van der Waals surface area contributed by atoms with Crippen LogP contribution in [-0.2, 0) is 0 Å². The lowest BCUT2D eigenvalue weighted by Crippen LogP contribution is -2.32. The number of anilines is 1. The Bertz CT molecular complexity index is 465. The van der Waals surface area contributed by atoms with Crippen LogP contribution in [0.3, 0.4) is 0 Å². The van der Waals surface area contributed by atoms with Gasteiger partial charge in [-0.05, 0) is 24.8 Å². The van der Waals surface area contributed by atoms with Crippen LogP contribution in [0, 0.1) is 16.0 Å². The third-order valence-electron chi connectivity index (χ3n) is 3.95. The number of nitro benzene ring substituents is 1. The monoisotopic (exact) mass is 282 g/mol. The molecule has 0 heterocycles. The minimum Gasteiger partial charge on any atom is -0.375 e. The summed E-state index contributed by atoms with van der Waals surface area (Å²) in [6.07, 6.45) is 5.76. The van der Waals surface area contributed by atoms with Crippen LogP contribution >= 0.6 is 11.6 Å². The third-order valence-corrected chi connectivity index (χ3v) is 4.27. The van der Waals surface area contributed by atoms with Crippen molar-refractivity contribution in [1.82, 2.24) is 0 Å². The molecule has 1 aliphatic carbocycles. The molecule has 1 aliphatic rings. The first-order chi connectivity index (χ1) is 9.13. The summed E-state index contributed by atoms with van der Waals surface area (Å²) in [5, 5.41) is 14.8. The molecule has 2 atom stereocenters. The maximum atomic E-state index is 11.1. The summed E-state index contributed by atoms with van der Waals surface area (Å²) >= 11 is 6.12. The number of rotatable bonds is 4. The average Bonchev–Trinajstić information content (AvgIpc) is 2.41. The standard InChI is InChI=1S/C14H19ClN2O2/c1-2-10-6-3-4-8-12(10)16-14-11(15)7-5-9-13(14)17(18)19/h5,7,9-10,12,16H,2-4,6,8H2,1H3. The second kappa shape index (κ2) is 6.24. The molecule has 104 valence electrons. The summed E-state index contributed by atoms with van der Waals surface area (Å²) < 4.78 is 0. The van der Waals surface area contributed by atoms with E-state index in [0.717, 1.165) is 12.8 Å². The van der Waals surface area contributed by atoms with E-state index in [1.165, 1.54) is 25.3 Å². The van der Waals surface area contributed by atoms with Crippen molar-refractivity contribution in [3.05, 3.63) is 33.3 Å². The second-order valence-electron chi connectivity index (χ2n) is 5.09. The molecule has 2 unspecified atom stereocenters. The Morgan fingerprint density at radius 2 is 2.16 bits per heavy atom. The fourth-order valence-electron chi connectivity index (χ4n) is 2.88. The number of benzene rings is 1. The van der Waals surface area contributed by atoms with E-state index in [0.29, 0.717) is 16.6 Å². The molecule has 5 heteroatoms. The van der Waals surface area contributed by atoms with Crippen molar-refractivity contribution in [1.29, 1.82) is 0 Å². The molecular formula is C14H19ClN2O2. The number of nitrogens with zero attached hydrogens (tertiary/aromatic N) is 1. The molecule has 1 aromatic rings. The van der Waals surface area contributed by atoms with Crippen LogP contribution in [0.15, 0.2) is 18.2 Å². The lowest BCUT2D eigenvalue weighted by Gasteiger charge is -2.32. The van der Waals surface area contributed by atoms with Gasteiger partial charge in [0, 0.05) is 12.1 Å². The summed E-state index contributed by atoms with van der Waals surface area (Å²) in [6.45, 7) is 2.17. The summed E-state index contributed by atoms with van der Waals surface area (Å²) in [5.41, 5.74) is 0.535. The zero-order valence-corrected chi connectivity index (χ0v) is 11.8. The molecule has 1 fully saturated rings. The van der Waals surface area contributed by atoms with E-state index in [1.807, 2.05) is 0 Å². The molecule has 0 saturated heterocycles. The molecule has 0 amide bonds. The van der Waals surface area contributed by atoms with Gasteiger partial charge in [0.05, 0.1) is 9.95 Å². The lowest BCUT2D eigenvalue weighted by molar-refractivity contribution is -0.384. The largest absolute Gasteiger partial charge is 0.375 e. The Balaban J connectivity index is 2.24. The van der Waals surface area contributed by atoms with E-state index >= 15 is 0 Å². The maximum Gasteiger partial charge on any atom is 0.293 e. The Morgan fingerprint density at radius 3 is 2.84 bits per heavy atom. The predicted octanol–water partition coefficient (Wildman–Crippen LogP) is 4.63. The summed E-state index contributed by atoms with van der Waals surface area (Å²) in [5.74, 6) is 0.574. The Hall–Kier alpha value is -1.29. The van der Waals surface area contributed by atoms with Crippen LogP contribution in [-0.4, -0.2) is 11.0 Å². The highest BCUT2D eigenvalue weighted by Crippen LogP contribution is 2.36. The first kappa shape index (κ1) is 14.1. The van der Waals surface area contributed by atoms with Gasteiger partial charge >= 0.3 is 0 Å². The van der Waals surface area contributed by atoms with Crippen LogP contribution < -0.4 is 5.32 Å². The summed E-state index contributed by atoms with van der Waals surface area (Å²) in [7, 11) is 0. The number of hydrogen-bond acceptors (Lipinski definition) is 3. The number of nitro groups is 1. The Labute approximate surface area is 118 Å². The van der Waals surface area contributed by atoms with Crippen molar-refractivity contribution in [2.45, 2.75) is 45.1 Å². The molecule has 0 spiro atoms. The molecule has 2 rings (SSSR count). The minimum atomic E-state index is -0.377. The number of nitrogens with one attached hydrogen (secondary N) is 1. The molecule has 0 radical (unpaired) electrons. The number of hydrogen-bond donors (Lipinski definition) is 1. The first-order valence-electron chi connectivity index (χ1n) is 6.83. The van der Waals surface area contributed by atoms with E-state index in [2.05, 4.69) is 12.2 Å². The molecule has 1 saturated carbocycles. The SMILES string of the molecule is CCC1CCCCC1Nc1c(Cl)cccc1[N+](=O)[O-]. The predicted molar refractivity (Wildman–Crippen MR) is 77.8 cm³/mol. The van der Waals surface area contributed by atoms with Crippen molar-refractivity contribution < 1.29 is 4.92 Å². The number of para-hydroxylation sites is 1. The van der Waals surface area contributed by atoms with Gasteiger partial charge in [-0.15, -0.1) is 0 Å². The average molecular weight is 283 g/mol. The van der Waals surface area contributed by atoms with E-state index in [1.54, 1.807) is 12.1 Å². The van der Waals surface area contributed by atoms with Gasteiger partial charge in [0.1, 0.15) is 5.69 Å². The van der Waals surface area contributed by atoms with Crippen LogP contribution in [0.25, 0.3) is 0 Å². The molecule has 0 bridgehead atoms. The zero-order valence-electron chi connectivity index (χ0n) is 11.1. The Kier molecular flexibility index (Phi) is 4.64. The first-order valence-corrected chi connectivity index (χ1v) is 7.20. The summed E-state index contributed by atoms with van der Waals surface area (Å²) in [4.78, 5) is 10.7. The van der Waals surface area contributed by atoms with Gasteiger partial charge in [-0.2, -0.15) is 0 Å². The molecule has 0 aromatic heterocycles. The number of halogens is 1. The van der Waals surface area contributed by atoms with Gasteiger partial charge in [0.2, 0.25) is 0 Å². The van der Waals surface area contributed by atoms with Gasteiger partial charge < -0.3 is 5.32 Å². The third kappa shape index (κ3) is 3.18. The van der Waals surface area contributed by atoms with Crippen LogP contribution in [0.5, 0.6) is 0 Å². The highest BCUT2D eigenvalue weighted by atomic mass is 35.5. The van der Waals surface area contributed by atoms with Gasteiger partial charge in [0.15, 0.2) is 0 Å². The van der Waals surface area contributed by atoms with Crippen molar-refractivity contribution in [2.24, 2.45) is 5.92 Å². The topological polar surface area (TPSA) is 55.2 Å². The minimum absolute atomic E-state index is 0.0629. The summed E-state index contributed by atoms with van der Waals surface area (Å²) in [6, 6.07) is 5.10. The molecule has 1 aromatic carbocycles. The fourth-order valence-corrected chi connectivity index (χ4v) is 3.10. The van der Waals surface area contributed by atoms with E-state index in [4.69, 9.17) is 11.6 Å². The lowest BCUT2D eigenvalue weighted by atomic mass is 9.83. The van der Waals surface area contributed by atoms with Gasteiger partial charge in [0.25, 0.3) is 5.69 Å². The van der Waals surface area contributed by atoms with Crippen molar-refractivity contribution in [3.63, 3.8) is 0 Å². The zero-order chi connectivity index (χ0) is 13.8. The highest BCUT2D eigenvalue weighted by Gasteiger charge is 2.26. The van der Waals surface area contributed by atoms with Crippen molar-refractivity contribution in [2.75, 3.05) is 5.32 Å². The van der Waals surface area contributed by atoms with Gasteiger partial charge in [-0.3, -0.25) is 10.1 Å². The highest BCUT2D eigenvalue weighted by molar-refractivity contribution is 6.33. The van der Waals surface area contributed by atoms with Crippen molar-refractivity contribution >= 4 is 23.0 Å². The second-order valence-corrected chi connectivity index (χ2v) is 5.50. The fraction of sp³-hybridized carbons (Fsp3) is 0.571. The molecule has 4 nitrogen and oxygen atoms in total.